The molecule has 0 bridgehead atoms. The van der Waals surface area contributed by atoms with Gasteiger partial charge in [0.1, 0.15) is 34.9 Å². The number of benzene rings is 3. The van der Waals surface area contributed by atoms with E-state index in [1.54, 1.807) is 6.07 Å². The Labute approximate surface area is 227 Å². The third-order valence-electron chi connectivity index (χ3n) is 8.81. The highest BCUT2D eigenvalue weighted by Gasteiger charge is 2.64. The van der Waals surface area contributed by atoms with Crippen molar-refractivity contribution < 1.29 is 28.1 Å². The van der Waals surface area contributed by atoms with E-state index in [0.717, 1.165) is 35.6 Å². The number of hydrogen-bond acceptors (Lipinski definition) is 6. The second-order valence-electron chi connectivity index (χ2n) is 11.2. The first-order valence-electron chi connectivity index (χ1n) is 13.9. The molecule has 0 radical (unpaired) electrons. The van der Waals surface area contributed by atoms with Crippen molar-refractivity contribution in [3.8, 4) is 23.0 Å². The number of carbonyl (C=O) groups excluding carboxylic acids is 1. The molecular formula is C32H32FNO5. The van der Waals surface area contributed by atoms with Gasteiger partial charge in [-0.05, 0) is 81.1 Å². The van der Waals surface area contributed by atoms with Gasteiger partial charge in [0.15, 0.2) is 0 Å². The van der Waals surface area contributed by atoms with Crippen LogP contribution in [0.2, 0.25) is 0 Å². The lowest BCUT2D eigenvalue weighted by molar-refractivity contribution is -0.142. The molecule has 3 unspecified atom stereocenters. The molecule has 1 spiro atoms. The standard InChI is InChI=1S/C32H32FNO5/c1-36-31(35)25-17-32(25)19-37-29-16-22(8-10-24(29)32)39-28-12-9-23-27(13-11-26(33)30(23)28)38-21-6-4-20(5-7-21)18-34-14-2-3-15-34/h4-8,10-11,13,16,25,28H,2-3,9,12,14-15,17-19H2,1H3. The third-order valence-corrected chi connectivity index (χ3v) is 8.81. The highest BCUT2D eigenvalue weighted by molar-refractivity contribution is 5.80. The average molecular weight is 530 g/mol. The summed E-state index contributed by atoms with van der Waals surface area (Å²) in [6.45, 7) is 3.76. The van der Waals surface area contributed by atoms with E-state index in [9.17, 15) is 4.79 Å². The number of ether oxygens (including phenoxy) is 4. The zero-order valence-corrected chi connectivity index (χ0v) is 22.1. The van der Waals surface area contributed by atoms with Gasteiger partial charge in [0.05, 0.1) is 19.6 Å². The Kier molecular flexibility index (Phi) is 5.99. The Hall–Kier alpha value is -3.58. The van der Waals surface area contributed by atoms with Crippen LogP contribution in [0.5, 0.6) is 23.0 Å². The van der Waals surface area contributed by atoms with Gasteiger partial charge in [0.2, 0.25) is 0 Å². The van der Waals surface area contributed by atoms with Crippen molar-refractivity contribution >= 4 is 5.97 Å². The minimum atomic E-state index is -0.413. The molecule has 3 aromatic carbocycles. The summed E-state index contributed by atoms with van der Waals surface area (Å²) in [5.41, 5.74) is 3.42. The summed E-state index contributed by atoms with van der Waals surface area (Å²) in [4.78, 5) is 14.5. The highest BCUT2D eigenvalue weighted by atomic mass is 19.1. The number of rotatable bonds is 7. The lowest BCUT2D eigenvalue weighted by Crippen LogP contribution is -2.18. The number of nitrogens with zero attached hydrogens (tertiary/aromatic N) is 1. The molecule has 1 saturated heterocycles. The van der Waals surface area contributed by atoms with Crippen LogP contribution in [0, 0.1) is 11.7 Å². The summed E-state index contributed by atoms with van der Waals surface area (Å²) in [5.74, 6) is 2.13. The lowest BCUT2D eigenvalue weighted by Gasteiger charge is -2.18. The van der Waals surface area contributed by atoms with Crippen molar-refractivity contribution in [1.29, 1.82) is 0 Å². The average Bonchev–Trinajstić information content (AvgIpc) is 3.27. The van der Waals surface area contributed by atoms with Crippen LogP contribution >= 0.6 is 0 Å². The highest BCUT2D eigenvalue weighted by Crippen LogP contribution is 2.61. The van der Waals surface area contributed by atoms with E-state index in [1.165, 1.54) is 44.7 Å². The quantitative estimate of drug-likeness (QED) is 0.345. The number of halogens is 1. The number of fused-ring (bicyclic) bond motifs is 3. The summed E-state index contributed by atoms with van der Waals surface area (Å²) < 4.78 is 38.5. The van der Waals surface area contributed by atoms with Gasteiger partial charge in [0, 0.05) is 34.7 Å². The van der Waals surface area contributed by atoms with Gasteiger partial charge in [-0.1, -0.05) is 18.2 Å². The Morgan fingerprint density at radius 2 is 1.87 bits per heavy atom. The van der Waals surface area contributed by atoms with Crippen LogP contribution in [0.4, 0.5) is 4.39 Å². The Balaban J connectivity index is 1.06. The Morgan fingerprint density at radius 1 is 1.08 bits per heavy atom. The number of esters is 1. The van der Waals surface area contributed by atoms with Crippen LogP contribution in [0.3, 0.4) is 0 Å². The maximum atomic E-state index is 15.1. The molecule has 6 nitrogen and oxygen atoms in total. The van der Waals surface area contributed by atoms with Crippen molar-refractivity contribution in [2.24, 2.45) is 5.92 Å². The van der Waals surface area contributed by atoms with Gasteiger partial charge in [-0.15, -0.1) is 0 Å². The molecule has 2 aliphatic carbocycles. The summed E-state index contributed by atoms with van der Waals surface area (Å²) in [6, 6.07) is 17.1. The monoisotopic (exact) mass is 529 g/mol. The molecular weight excluding hydrogens is 497 g/mol. The normalized spacial score (nSPS) is 24.8. The summed E-state index contributed by atoms with van der Waals surface area (Å²) in [6.07, 6.45) is 4.21. The van der Waals surface area contributed by atoms with Crippen molar-refractivity contribution in [2.45, 2.75) is 50.2 Å². The van der Waals surface area contributed by atoms with E-state index >= 15 is 4.39 Å². The molecule has 39 heavy (non-hydrogen) atoms. The number of likely N-dealkylation sites (tertiary alicyclic amines) is 1. The van der Waals surface area contributed by atoms with Crippen LogP contribution in [0.15, 0.2) is 54.6 Å². The van der Waals surface area contributed by atoms with E-state index in [1.807, 2.05) is 30.3 Å². The maximum Gasteiger partial charge on any atom is 0.309 e. The van der Waals surface area contributed by atoms with Crippen LogP contribution in [-0.2, 0) is 27.9 Å². The molecule has 7 rings (SSSR count). The number of carbonyl (C=O) groups is 1. The first-order chi connectivity index (χ1) is 19.0. The van der Waals surface area contributed by atoms with Gasteiger partial charge in [0.25, 0.3) is 0 Å². The number of methoxy groups -OCH3 is 1. The minimum absolute atomic E-state index is 0.161. The Bertz CT molecular complexity index is 1420. The fourth-order valence-corrected chi connectivity index (χ4v) is 6.61. The van der Waals surface area contributed by atoms with Gasteiger partial charge < -0.3 is 18.9 Å². The van der Waals surface area contributed by atoms with Crippen molar-refractivity contribution in [2.75, 3.05) is 26.8 Å². The van der Waals surface area contributed by atoms with E-state index in [-0.39, 0.29) is 23.1 Å². The summed E-state index contributed by atoms with van der Waals surface area (Å²) in [7, 11) is 1.42. The molecule has 2 heterocycles. The summed E-state index contributed by atoms with van der Waals surface area (Å²) in [5, 5.41) is 0. The molecule has 1 saturated carbocycles. The third kappa shape index (κ3) is 4.33. The van der Waals surface area contributed by atoms with Crippen LogP contribution in [0.1, 0.15) is 54.0 Å². The van der Waals surface area contributed by atoms with Crippen LogP contribution in [0.25, 0.3) is 0 Å². The smallest absolute Gasteiger partial charge is 0.309 e. The molecule has 4 aliphatic rings. The molecule has 0 N–H and O–H groups in total. The molecule has 0 amide bonds. The Morgan fingerprint density at radius 3 is 2.67 bits per heavy atom. The molecule has 3 atom stereocenters. The van der Waals surface area contributed by atoms with Crippen LogP contribution in [-0.4, -0.2) is 37.7 Å². The SMILES string of the molecule is COC(=O)C1CC12COc1cc(OC3CCc4c(Oc5ccc(CN6CCCC6)cc5)ccc(F)c43)ccc12. The minimum Gasteiger partial charge on any atom is -0.492 e. The van der Waals surface area contributed by atoms with E-state index < -0.39 is 6.10 Å². The lowest BCUT2D eigenvalue weighted by atomic mass is 9.95. The largest absolute Gasteiger partial charge is 0.492 e. The zero-order chi connectivity index (χ0) is 26.6. The van der Waals surface area contributed by atoms with E-state index in [2.05, 4.69) is 17.0 Å². The fourth-order valence-electron chi connectivity index (χ4n) is 6.61. The van der Waals surface area contributed by atoms with Crippen LogP contribution < -0.4 is 14.2 Å². The second-order valence-corrected chi connectivity index (χ2v) is 11.2. The molecule has 7 heteroatoms. The maximum absolute atomic E-state index is 15.1. The van der Waals surface area contributed by atoms with Crippen molar-refractivity contribution in [3.05, 3.63) is 82.7 Å². The predicted molar refractivity (Wildman–Crippen MR) is 143 cm³/mol. The van der Waals surface area contributed by atoms with Crippen molar-refractivity contribution in [3.63, 3.8) is 0 Å². The molecule has 3 aromatic rings. The molecule has 0 aromatic heterocycles. The topological polar surface area (TPSA) is 57.2 Å². The zero-order valence-electron chi connectivity index (χ0n) is 22.1. The first kappa shape index (κ1) is 24.5. The molecule has 2 aliphatic heterocycles. The first-order valence-corrected chi connectivity index (χ1v) is 13.9. The van der Waals surface area contributed by atoms with Gasteiger partial charge in [-0.25, -0.2) is 4.39 Å². The fraction of sp³-hybridized carbons (Fsp3) is 0.406. The van der Waals surface area contributed by atoms with Gasteiger partial charge in [-0.2, -0.15) is 0 Å². The van der Waals surface area contributed by atoms with Gasteiger partial charge in [-0.3, -0.25) is 9.69 Å². The molecule has 2 fully saturated rings. The van der Waals surface area contributed by atoms with E-state index in [4.69, 9.17) is 18.9 Å². The van der Waals surface area contributed by atoms with Gasteiger partial charge >= 0.3 is 5.97 Å². The summed E-state index contributed by atoms with van der Waals surface area (Å²) >= 11 is 0. The second kappa shape index (κ2) is 9.56. The number of hydrogen-bond donors (Lipinski definition) is 0. The predicted octanol–water partition coefficient (Wildman–Crippen LogP) is 6.10. The van der Waals surface area contributed by atoms with Crippen molar-refractivity contribution in [1.82, 2.24) is 4.90 Å². The van der Waals surface area contributed by atoms with E-state index in [0.29, 0.717) is 36.5 Å². The molecule has 202 valence electrons.